The molecule has 0 radical (unpaired) electrons. The van der Waals surface area contributed by atoms with Crippen molar-refractivity contribution in [1.82, 2.24) is 10.3 Å². The van der Waals surface area contributed by atoms with Crippen LogP contribution >= 0.6 is 11.8 Å². The summed E-state index contributed by atoms with van der Waals surface area (Å²) in [5.41, 5.74) is 4.24. The van der Waals surface area contributed by atoms with Crippen LogP contribution in [-0.4, -0.2) is 20.4 Å². The normalized spacial score (nSPS) is 13.5. The van der Waals surface area contributed by atoms with E-state index in [1.54, 1.807) is 19.2 Å². The smallest absolute Gasteiger partial charge is 0.257 e. The molecular formula is C29H26N2O3S2. The zero-order chi connectivity index (χ0) is 25.0. The monoisotopic (exact) mass is 514 g/mol. The highest BCUT2D eigenvalue weighted by Gasteiger charge is 2.36. The predicted octanol–water partition coefficient (Wildman–Crippen LogP) is 6.60. The fourth-order valence-corrected chi connectivity index (χ4v) is 7.10. The van der Waals surface area contributed by atoms with Gasteiger partial charge in [-0.1, -0.05) is 96.7 Å². The molecule has 1 aromatic heterocycles. The van der Waals surface area contributed by atoms with Gasteiger partial charge in [0.15, 0.2) is 15.4 Å². The van der Waals surface area contributed by atoms with Gasteiger partial charge in [-0.3, -0.25) is 0 Å². The molecule has 0 aliphatic rings. The van der Waals surface area contributed by atoms with Crippen molar-refractivity contribution in [3.63, 3.8) is 0 Å². The first kappa shape index (κ1) is 24.3. The molecule has 0 spiro atoms. The Morgan fingerprint density at radius 2 is 1.42 bits per heavy atom. The van der Waals surface area contributed by atoms with Crippen molar-refractivity contribution < 1.29 is 12.8 Å². The molecule has 1 N–H and O–H groups in total. The number of hydrogen-bond acceptors (Lipinski definition) is 6. The van der Waals surface area contributed by atoms with Crippen molar-refractivity contribution >= 4 is 32.7 Å². The number of likely N-dealkylation sites (N-methyl/N-ethyl adjacent to an activating group) is 1. The Morgan fingerprint density at radius 1 is 0.806 bits per heavy atom. The molecule has 0 fully saturated rings. The quantitative estimate of drug-likeness (QED) is 0.224. The standard InChI is InChI=1S/C29H26N2O3S2/c1-30-27(22-10-4-2-5-11-22)28(23-12-6-3-7-13-23)36(32,33)24-18-16-21(17-19-24)20-35-29-31-25-14-8-9-15-26(25)34-29/h2-19,27-28,30H,20H2,1H3. The number of nitrogens with zero attached hydrogens (tertiary/aromatic N) is 1. The Kier molecular flexibility index (Phi) is 7.23. The van der Waals surface area contributed by atoms with Crippen LogP contribution in [0.15, 0.2) is 124 Å². The third-order valence-corrected chi connectivity index (χ3v) is 9.16. The van der Waals surface area contributed by atoms with Gasteiger partial charge >= 0.3 is 0 Å². The van der Waals surface area contributed by atoms with E-state index in [-0.39, 0.29) is 0 Å². The summed E-state index contributed by atoms with van der Waals surface area (Å²) in [5, 5.41) is 3.06. The summed E-state index contributed by atoms with van der Waals surface area (Å²) in [6.45, 7) is 0. The molecule has 5 aromatic rings. The first-order valence-corrected chi connectivity index (χ1v) is 14.2. The lowest BCUT2D eigenvalue weighted by Gasteiger charge is -2.28. The molecular weight excluding hydrogens is 488 g/mol. The molecule has 7 heteroatoms. The van der Waals surface area contributed by atoms with Crippen LogP contribution in [-0.2, 0) is 15.6 Å². The number of aromatic nitrogens is 1. The molecule has 0 bridgehead atoms. The van der Waals surface area contributed by atoms with Crippen LogP contribution in [0.25, 0.3) is 11.1 Å². The van der Waals surface area contributed by atoms with Crippen molar-refractivity contribution in [3.8, 4) is 0 Å². The van der Waals surface area contributed by atoms with E-state index in [1.807, 2.05) is 97.1 Å². The molecule has 0 saturated carbocycles. The second-order valence-electron chi connectivity index (χ2n) is 8.43. The van der Waals surface area contributed by atoms with E-state index < -0.39 is 21.1 Å². The number of para-hydroxylation sites is 2. The minimum atomic E-state index is -3.71. The molecule has 0 saturated heterocycles. The van der Waals surface area contributed by atoms with Crippen molar-refractivity contribution in [2.45, 2.75) is 27.2 Å². The summed E-state index contributed by atoms with van der Waals surface area (Å²) in [7, 11) is -1.91. The summed E-state index contributed by atoms with van der Waals surface area (Å²) in [5.74, 6) is 0.623. The van der Waals surface area contributed by atoms with Crippen LogP contribution in [0.5, 0.6) is 0 Å². The van der Waals surface area contributed by atoms with E-state index in [0.29, 0.717) is 15.9 Å². The summed E-state index contributed by atoms with van der Waals surface area (Å²) in [6, 6.07) is 33.5. The van der Waals surface area contributed by atoms with E-state index in [0.717, 1.165) is 27.8 Å². The van der Waals surface area contributed by atoms with Gasteiger partial charge in [0.25, 0.3) is 5.22 Å². The first-order chi connectivity index (χ1) is 17.6. The highest BCUT2D eigenvalue weighted by molar-refractivity contribution is 7.98. The maximum Gasteiger partial charge on any atom is 0.257 e. The zero-order valence-electron chi connectivity index (χ0n) is 19.7. The summed E-state index contributed by atoms with van der Waals surface area (Å²) in [6.07, 6.45) is 0. The number of oxazole rings is 1. The largest absolute Gasteiger partial charge is 0.431 e. The molecule has 1 heterocycles. The number of hydrogen-bond donors (Lipinski definition) is 1. The Hall–Kier alpha value is -3.39. The second kappa shape index (κ2) is 10.7. The van der Waals surface area contributed by atoms with Crippen LogP contribution in [0.3, 0.4) is 0 Å². The highest BCUT2D eigenvalue weighted by atomic mass is 32.2. The van der Waals surface area contributed by atoms with Gasteiger partial charge in [-0.05, 0) is 48.0 Å². The van der Waals surface area contributed by atoms with E-state index in [1.165, 1.54) is 11.8 Å². The van der Waals surface area contributed by atoms with Crippen LogP contribution in [0.2, 0.25) is 0 Å². The van der Waals surface area contributed by atoms with Crippen LogP contribution in [0.1, 0.15) is 28.0 Å². The molecule has 182 valence electrons. The molecule has 5 rings (SSSR count). The maximum absolute atomic E-state index is 14.0. The van der Waals surface area contributed by atoms with Crippen molar-refractivity contribution in [2.75, 3.05) is 7.05 Å². The van der Waals surface area contributed by atoms with Crippen LogP contribution in [0.4, 0.5) is 0 Å². The van der Waals surface area contributed by atoms with Crippen LogP contribution < -0.4 is 5.32 Å². The number of thioether (sulfide) groups is 1. The molecule has 0 amide bonds. The van der Waals surface area contributed by atoms with Gasteiger partial charge in [0.2, 0.25) is 0 Å². The number of benzene rings is 4. The van der Waals surface area contributed by atoms with Crippen molar-refractivity contribution in [1.29, 1.82) is 0 Å². The molecule has 36 heavy (non-hydrogen) atoms. The average Bonchev–Trinajstić information content (AvgIpc) is 3.35. The fourth-order valence-electron chi connectivity index (χ4n) is 4.33. The molecule has 5 nitrogen and oxygen atoms in total. The van der Waals surface area contributed by atoms with Crippen LogP contribution in [0, 0.1) is 0 Å². The van der Waals surface area contributed by atoms with E-state index >= 15 is 0 Å². The van der Waals surface area contributed by atoms with Gasteiger partial charge < -0.3 is 9.73 Å². The van der Waals surface area contributed by atoms with E-state index in [9.17, 15) is 8.42 Å². The lowest BCUT2D eigenvalue weighted by atomic mass is 9.98. The molecule has 2 atom stereocenters. The Balaban J connectivity index is 1.41. The molecule has 0 aliphatic heterocycles. The minimum absolute atomic E-state index is 0.295. The Labute approximate surface area is 215 Å². The van der Waals surface area contributed by atoms with Crippen molar-refractivity contribution in [3.05, 3.63) is 126 Å². The topological polar surface area (TPSA) is 72.2 Å². The zero-order valence-corrected chi connectivity index (χ0v) is 21.4. The van der Waals surface area contributed by atoms with Gasteiger partial charge in [-0.15, -0.1) is 0 Å². The van der Waals surface area contributed by atoms with E-state index in [2.05, 4.69) is 10.3 Å². The third-order valence-electron chi connectivity index (χ3n) is 6.12. The van der Waals surface area contributed by atoms with Gasteiger partial charge in [-0.25, -0.2) is 13.4 Å². The Morgan fingerprint density at radius 3 is 2.06 bits per heavy atom. The fraction of sp³-hybridized carbons (Fsp3) is 0.138. The van der Waals surface area contributed by atoms with Crippen molar-refractivity contribution in [2.24, 2.45) is 0 Å². The maximum atomic E-state index is 14.0. The molecule has 0 aliphatic carbocycles. The highest BCUT2D eigenvalue weighted by Crippen LogP contribution is 2.39. The predicted molar refractivity (Wildman–Crippen MR) is 145 cm³/mol. The average molecular weight is 515 g/mol. The van der Waals surface area contributed by atoms with Gasteiger partial charge in [0.05, 0.1) is 10.9 Å². The SMILES string of the molecule is CNC(c1ccccc1)C(c1ccccc1)S(=O)(=O)c1ccc(CSc2nc3ccccc3o2)cc1. The number of fused-ring (bicyclic) bond motifs is 1. The summed E-state index contributed by atoms with van der Waals surface area (Å²) >= 11 is 1.48. The lowest BCUT2D eigenvalue weighted by Crippen LogP contribution is -2.29. The molecule has 2 unspecified atom stereocenters. The van der Waals surface area contributed by atoms with Gasteiger partial charge in [0, 0.05) is 5.75 Å². The summed E-state index contributed by atoms with van der Waals surface area (Å²) < 4.78 is 33.8. The van der Waals surface area contributed by atoms with Gasteiger partial charge in [-0.2, -0.15) is 0 Å². The minimum Gasteiger partial charge on any atom is -0.431 e. The Bertz CT molecular complexity index is 1500. The number of rotatable bonds is 9. The number of nitrogens with one attached hydrogen (secondary N) is 1. The van der Waals surface area contributed by atoms with Gasteiger partial charge in [0.1, 0.15) is 10.8 Å². The lowest BCUT2D eigenvalue weighted by molar-refractivity contribution is 0.489. The van der Waals surface area contributed by atoms with E-state index in [4.69, 9.17) is 4.42 Å². The first-order valence-electron chi connectivity index (χ1n) is 11.6. The second-order valence-corrected chi connectivity index (χ2v) is 11.4. The summed E-state index contributed by atoms with van der Waals surface area (Å²) in [4.78, 5) is 4.79. The number of sulfone groups is 1. The third kappa shape index (κ3) is 5.09. The molecule has 4 aromatic carbocycles.